The molecular formula is C6H9. The second kappa shape index (κ2) is 2.78. The van der Waals surface area contributed by atoms with Gasteiger partial charge in [0, 0.05) is 6.42 Å². The molecule has 0 unspecified atom stereocenters. The summed E-state index contributed by atoms with van der Waals surface area (Å²) >= 11 is 0. The van der Waals surface area contributed by atoms with E-state index in [-0.39, 0.29) is 0 Å². The molecule has 0 rings (SSSR count). The van der Waals surface area contributed by atoms with Crippen LogP contribution in [-0.4, -0.2) is 0 Å². The van der Waals surface area contributed by atoms with E-state index in [1.807, 2.05) is 0 Å². The maximum absolute atomic E-state index is 6.48. The molecule has 0 atom stereocenters. The average Bonchev–Trinajstić information content (AvgIpc) is 1.35. The van der Waals surface area contributed by atoms with Crippen LogP contribution in [0, 0.1) is 18.3 Å². The molecule has 0 aliphatic rings. The third-order valence-corrected chi connectivity index (χ3v) is 0.510. The van der Waals surface area contributed by atoms with Crippen LogP contribution in [0.5, 0.6) is 0 Å². The summed E-state index contributed by atoms with van der Waals surface area (Å²) in [4.78, 5) is 0. The lowest BCUT2D eigenvalue weighted by atomic mass is 10.1. The highest BCUT2D eigenvalue weighted by Crippen LogP contribution is 1.94. The van der Waals surface area contributed by atoms with E-state index < -0.39 is 0 Å². The predicted octanol–water partition coefficient (Wildman–Crippen LogP) is 1.62. The van der Waals surface area contributed by atoms with Crippen molar-refractivity contribution in [1.29, 1.82) is 0 Å². The first-order chi connectivity index (χ1) is 2.77. The van der Waals surface area contributed by atoms with E-state index >= 15 is 0 Å². The zero-order chi connectivity index (χ0) is 4.99. The Morgan fingerprint density at radius 1 is 1.67 bits per heavy atom. The third kappa shape index (κ3) is 3.56. The summed E-state index contributed by atoms with van der Waals surface area (Å²) < 4.78 is 0. The highest BCUT2D eigenvalue weighted by atomic mass is 13.9. The molecule has 0 aliphatic heterocycles. The summed E-state index contributed by atoms with van der Waals surface area (Å²) in [6, 6.07) is 0. The first kappa shape index (κ1) is 5.56. The van der Waals surface area contributed by atoms with Gasteiger partial charge in [-0.25, -0.2) is 0 Å². The zero-order valence-electron chi connectivity index (χ0n) is 4.28. The molecule has 0 heteroatoms. The summed E-state index contributed by atoms with van der Waals surface area (Å²) in [5.41, 5.74) is 0. The SMILES string of the molecule is [C]#CCC(C)C. The highest BCUT2D eigenvalue weighted by Gasteiger charge is 1.83. The van der Waals surface area contributed by atoms with Crippen molar-refractivity contribution in [3.05, 3.63) is 6.42 Å². The van der Waals surface area contributed by atoms with E-state index in [1.54, 1.807) is 0 Å². The maximum atomic E-state index is 6.48. The molecule has 0 amide bonds. The lowest BCUT2D eigenvalue weighted by molar-refractivity contribution is 0.675. The fourth-order valence-electron chi connectivity index (χ4n) is 0.204. The van der Waals surface area contributed by atoms with Gasteiger partial charge in [-0.15, -0.1) is 0 Å². The van der Waals surface area contributed by atoms with Crippen molar-refractivity contribution in [3.63, 3.8) is 0 Å². The first-order valence-electron chi connectivity index (χ1n) is 2.17. The summed E-state index contributed by atoms with van der Waals surface area (Å²) in [6.07, 6.45) is 7.27. The van der Waals surface area contributed by atoms with Crippen LogP contribution in [0.1, 0.15) is 20.3 Å². The van der Waals surface area contributed by atoms with E-state index in [2.05, 4.69) is 19.8 Å². The van der Waals surface area contributed by atoms with E-state index in [4.69, 9.17) is 6.42 Å². The molecule has 0 saturated heterocycles. The van der Waals surface area contributed by atoms with E-state index in [0.717, 1.165) is 6.42 Å². The molecule has 0 N–H and O–H groups in total. The molecule has 0 bridgehead atoms. The average molecular weight is 81.1 g/mol. The minimum absolute atomic E-state index is 0.600. The molecular weight excluding hydrogens is 72.1 g/mol. The van der Waals surface area contributed by atoms with Gasteiger partial charge in [0.2, 0.25) is 0 Å². The largest absolute Gasteiger partial charge is 0.0888 e. The van der Waals surface area contributed by atoms with Crippen LogP contribution in [-0.2, 0) is 0 Å². The zero-order valence-corrected chi connectivity index (χ0v) is 4.28. The van der Waals surface area contributed by atoms with Crippen LogP contribution in [0.25, 0.3) is 0 Å². The molecule has 0 saturated carbocycles. The predicted molar refractivity (Wildman–Crippen MR) is 26.6 cm³/mol. The van der Waals surface area contributed by atoms with Gasteiger partial charge in [-0.05, 0) is 12.3 Å². The topological polar surface area (TPSA) is 0 Å². The summed E-state index contributed by atoms with van der Waals surface area (Å²) in [5, 5.41) is 0. The molecule has 0 aliphatic carbocycles. The van der Waals surface area contributed by atoms with Crippen LogP contribution >= 0.6 is 0 Å². The standard InChI is InChI=1S/C6H9/c1-4-5-6(2)3/h6H,5H2,2-3H3. The molecule has 0 nitrogen and oxygen atoms in total. The van der Waals surface area contributed by atoms with Crippen molar-refractivity contribution in [2.24, 2.45) is 5.92 Å². The molecule has 0 aromatic carbocycles. The summed E-state index contributed by atoms with van der Waals surface area (Å²) in [6.45, 7) is 4.14. The Hall–Kier alpha value is -0.440. The molecule has 6 heavy (non-hydrogen) atoms. The number of hydrogen-bond acceptors (Lipinski definition) is 0. The summed E-state index contributed by atoms with van der Waals surface area (Å²) in [5.74, 6) is 2.92. The van der Waals surface area contributed by atoms with Gasteiger partial charge in [0.1, 0.15) is 0 Å². The Balaban J connectivity index is 2.88. The smallest absolute Gasteiger partial charge is 0.0122 e. The van der Waals surface area contributed by atoms with Crippen molar-refractivity contribution < 1.29 is 0 Å². The van der Waals surface area contributed by atoms with Gasteiger partial charge in [-0.2, -0.15) is 0 Å². The van der Waals surface area contributed by atoms with E-state index in [1.165, 1.54) is 0 Å². The Kier molecular flexibility index (Phi) is 2.58. The number of rotatable bonds is 1. The van der Waals surface area contributed by atoms with E-state index in [0.29, 0.717) is 5.92 Å². The number of hydrogen-bond donors (Lipinski definition) is 0. The Morgan fingerprint density at radius 2 is 2.17 bits per heavy atom. The van der Waals surface area contributed by atoms with Crippen molar-refractivity contribution in [3.8, 4) is 5.92 Å². The molecule has 1 radical (unpaired) electrons. The van der Waals surface area contributed by atoms with Gasteiger partial charge in [-0.3, -0.25) is 0 Å². The minimum atomic E-state index is 0.600. The monoisotopic (exact) mass is 81.1 g/mol. The lowest BCUT2D eigenvalue weighted by Gasteiger charge is -1.90. The van der Waals surface area contributed by atoms with Crippen LogP contribution in [0.3, 0.4) is 0 Å². The minimum Gasteiger partial charge on any atom is -0.0888 e. The van der Waals surface area contributed by atoms with Crippen LogP contribution < -0.4 is 0 Å². The van der Waals surface area contributed by atoms with Gasteiger partial charge in [0.25, 0.3) is 0 Å². The molecule has 33 valence electrons. The fraction of sp³-hybridized carbons (Fsp3) is 0.667. The first-order valence-corrected chi connectivity index (χ1v) is 2.17. The molecule has 0 aromatic rings. The molecule has 0 heterocycles. The van der Waals surface area contributed by atoms with Gasteiger partial charge >= 0.3 is 0 Å². The normalized spacial score (nSPS) is 8.33. The molecule has 0 spiro atoms. The lowest BCUT2D eigenvalue weighted by Crippen LogP contribution is -1.79. The van der Waals surface area contributed by atoms with Crippen molar-refractivity contribution in [2.45, 2.75) is 20.3 Å². The highest BCUT2D eigenvalue weighted by molar-refractivity contribution is 4.76. The quantitative estimate of drug-likeness (QED) is 0.421. The maximum Gasteiger partial charge on any atom is 0.0122 e. The van der Waals surface area contributed by atoms with Crippen LogP contribution in [0.4, 0.5) is 0 Å². The summed E-state index contributed by atoms with van der Waals surface area (Å²) in [7, 11) is 0. The Morgan fingerprint density at radius 3 is 2.17 bits per heavy atom. The molecule has 0 fully saturated rings. The van der Waals surface area contributed by atoms with Crippen LogP contribution in [0.15, 0.2) is 0 Å². The second-order valence-corrected chi connectivity index (χ2v) is 1.77. The van der Waals surface area contributed by atoms with Crippen molar-refractivity contribution >= 4 is 0 Å². The van der Waals surface area contributed by atoms with Gasteiger partial charge < -0.3 is 0 Å². The fourth-order valence-corrected chi connectivity index (χ4v) is 0.204. The van der Waals surface area contributed by atoms with Gasteiger partial charge in [0.05, 0.1) is 0 Å². The van der Waals surface area contributed by atoms with E-state index in [9.17, 15) is 0 Å². The van der Waals surface area contributed by atoms with Gasteiger partial charge in [-0.1, -0.05) is 19.8 Å². The second-order valence-electron chi connectivity index (χ2n) is 1.77. The van der Waals surface area contributed by atoms with Crippen molar-refractivity contribution in [2.75, 3.05) is 0 Å². The van der Waals surface area contributed by atoms with Crippen molar-refractivity contribution in [1.82, 2.24) is 0 Å². The van der Waals surface area contributed by atoms with Gasteiger partial charge in [0.15, 0.2) is 0 Å². The van der Waals surface area contributed by atoms with Crippen LogP contribution in [0.2, 0.25) is 0 Å². The third-order valence-electron chi connectivity index (χ3n) is 0.510. The Bertz CT molecular complexity index is 54.9. The molecule has 0 aromatic heterocycles. The Labute approximate surface area is 39.6 Å².